The third-order valence-electron chi connectivity index (χ3n) is 4.94. The van der Waals surface area contributed by atoms with Gasteiger partial charge in [-0.15, -0.1) is 0 Å². The molecule has 162 valence electrons. The minimum Gasteiger partial charge on any atom is -0.489 e. The molecule has 32 heavy (non-hydrogen) atoms. The van der Waals surface area contributed by atoms with Crippen LogP contribution in [0.5, 0.6) is 5.75 Å². The number of hydrogen-bond donors (Lipinski definition) is 0. The van der Waals surface area contributed by atoms with Gasteiger partial charge in [0.25, 0.3) is 0 Å². The molecule has 7 heteroatoms. The molecule has 0 aliphatic rings. The van der Waals surface area contributed by atoms with Gasteiger partial charge >= 0.3 is 5.97 Å². The first-order chi connectivity index (χ1) is 15.6. The van der Waals surface area contributed by atoms with Crippen molar-refractivity contribution in [3.8, 4) is 16.9 Å². The average molecular weight is 433 g/mol. The molecule has 0 saturated heterocycles. The number of rotatable bonds is 8. The van der Waals surface area contributed by atoms with E-state index >= 15 is 0 Å². The molecule has 0 spiro atoms. The molecule has 4 aromatic rings. The van der Waals surface area contributed by atoms with E-state index < -0.39 is 5.82 Å². The highest BCUT2D eigenvalue weighted by atomic mass is 19.1. The lowest BCUT2D eigenvalue weighted by Gasteiger charge is -2.13. The number of benzene rings is 2. The number of hydrogen-bond acceptors (Lipinski definition) is 6. The second-order valence-corrected chi connectivity index (χ2v) is 7.04. The highest BCUT2D eigenvalue weighted by Gasteiger charge is 2.17. The van der Waals surface area contributed by atoms with Crippen molar-refractivity contribution in [2.75, 3.05) is 6.61 Å². The molecule has 0 amide bonds. The van der Waals surface area contributed by atoms with Gasteiger partial charge < -0.3 is 13.9 Å². The van der Waals surface area contributed by atoms with E-state index in [9.17, 15) is 14.0 Å². The maximum Gasteiger partial charge on any atom is 0.310 e. The molecule has 0 radical (unpaired) electrons. The van der Waals surface area contributed by atoms with Crippen LogP contribution in [0.3, 0.4) is 0 Å². The van der Waals surface area contributed by atoms with Gasteiger partial charge in [0.1, 0.15) is 23.6 Å². The SMILES string of the molecule is CCOC(=O)Cc1ccccc1OCc1cc(-c2ccnc(C=O)c2F)c2occc2c1. The summed E-state index contributed by atoms with van der Waals surface area (Å²) >= 11 is 0. The Bertz CT molecular complexity index is 1280. The third-order valence-corrected chi connectivity index (χ3v) is 4.94. The molecular weight excluding hydrogens is 413 g/mol. The molecule has 2 heterocycles. The normalized spacial score (nSPS) is 10.8. The molecule has 4 rings (SSSR count). The van der Waals surface area contributed by atoms with Crippen molar-refractivity contribution in [3.63, 3.8) is 0 Å². The van der Waals surface area contributed by atoms with Gasteiger partial charge in [-0.25, -0.2) is 4.39 Å². The summed E-state index contributed by atoms with van der Waals surface area (Å²) in [6.45, 7) is 2.25. The number of halogens is 1. The van der Waals surface area contributed by atoms with Gasteiger partial charge in [-0.2, -0.15) is 0 Å². The van der Waals surface area contributed by atoms with Crippen molar-refractivity contribution in [3.05, 3.63) is 83.6 Å². The van der Waals surface area contributed by atoms with Crippen LogP contribution in [0.4, 0.5) is 4.39 Å². The molecule has 0 N–H and O–H groups in total. The predicted octanol–water partition coefficient (Wildman–Crippen LogP) is 5.13. The first-order valence-corrected chi connectivity index (χ1v) is 10.1. The van der Waals surface area contributed by atoms with Crippen LogP contribution in [0.2, 0.25) is 0 Å². The maximum atomic E-state index is 14.8. The van der Waals surface area contributed by atoms with Crippen LogP contribution in [-0.4, -0.2) is 23.8 Å². The van der Waals surface area contributed by atoms with E-state index in [4.69, 9.17) is 13.9 Å². The van der Waals surface area contributed by atoms with Crippen molar-refractivity contribution >= 4 is 23.2 Å². The smallest absolute Gasteiger partial charge is 0.310 e. The van der Waals surface area contributed by atoms with Crippen molar-refractivity contribution in [2.24, 2.45) is 0 Å². The molecule has 0 aliphatic heterocycles. The lowest BCUT2D eigenvalue weighted by Crippen LogP contribution is -2.09. The summed E-state index contributed by atoms with van der Waals surface area (Å²) < 4.78 is 31.4. The summed E-state index contributed by atoms with van der Waals surface area (Å²) in [5.41, 5.74) is 2.42. The minimum atomic E-state index is -0.710. The number of aldehydes is 1. The van der Waals surface area contributed by atoms with E-state index in [0.29, 0.717) is 35.4 Å². The van der Waals surface area contributed by atoms with Gasteiger partial charge in [0.15, 0.2) is 12.1 Å². The van der Waals surface area contributed by atoms with Crippen molar-refractivity contribution in [1.82, 2.24) is 4.98 Å². The number of furan rings is 1. The zero-order chi connectivity index (χ0) is 22.5. The van der Waals surface area contributed by atoms with Crippen molar-refractivity contribution < 1.29 is 27.9 Å². The van der Waals surface area contributed by atoms with E-state index in [2.05, 4.69) is 4.98 Å². The van der Waals surface area contributed by atoms with Crippen LogP contribution in [0.25, 0.3) is 22.1 Å². The Morgan fingerprint density at radius 2 is 2.00 bits per heavy atom. The van der Waals surface area contributed by atoms with E-state index in [0.717, 1.165) is 10.9 Å². The fourth-order valence-electron chi connectivity index (χ4n) is 3.50. The lowest BCUT2D eigenvalue weighted by atomic mass is 10.00. The summed E-state index contributed by atoms with van der Waals surface area (Å²) in [5.74, 6) is -0.476. The second-order valence-electron chi connectivity index (χ2n) is 7.04. The summed E-state index contributed by atoms with van der Waals surface area (Å²) in [6, 6.07) is 14.2. The quantitative estimate of drug-likeness (QED) is 0.283. The van der Waals surface area contributed by atoms with Gasteiger partial charge in [-0.3, -0.25) is 14.6 Å². The Labute approximate surface area is 183 Å². The largest absolute Gasteiger partial charge is 0.489 e. The van der Waals surface area contributed by atoms with Crippen LogP contribution < -0.4 is 4.74 Å². The molecule has 0 aliphatic carbocycles. The number of esters is 1. The van der Waals surface area contributed by atoms with Crippen LogP contribution in [0, 0.1) is 5.82 Å². The number of ether oxygens (including phenoxy) is 2. The Morgan fingerprint density at radius 3 is 2.81 bits per heavy atom. The van der Waals surface area contributed by atoms with E-state index in [1.54, 1.807) is 25.1 Å². The Balaban J connectivity index is 1.65. The third kappa shape index (κ3) is 4.37. The van der Waals surface area contributed by atoms with E-state index in [1.165, 1.54) is 18.5 Å². The van der Waals surface area contributed by atoms with E-state index in [-0.39, 0.29) is 30.3 Å². The molecule has 0 fully saturated rings. The second kappa shape index (κ2) is 9.43. The van der Waals surface area contributed by atoms with Crippen molar-refractivity contribution in [1.29, 1.82) is 0 Å². The highest BCUT2D eigenvalue weighted by Crippen LogP contribution is 2.33. The molecule has 2 aromatic carbocycles. The Hall–Kier alpha value is -4.00. The average Bonchev–Trinajstić information content (AvgIpc) is 3.27. The molecule has 0 atom stereocenters. The molecule has 0 unspecified atom stereocenters. The van der Waals surface area contributed by atoms with Crippen LogP contribution in [0.15, 0.2) is 65.4 Å². The number of carbonyl (C=O) groups excluding carboxylic acids is 2. The fraction of sp³-hybridized carbons (Fsp3) is 0.160. The number of para-hydroxylation sites is 1. The minimum absolute atomic E-state index is 0.104. The molecular formula is C25H20FNO5. The van der Waals surface area contributed by atoms with Gasteiger partial charge in [-0.1, -0.05) is 18.2 Å². The Kier molecular flexibility index (Phi) is 6.26. The Morgan fingerprint density at radius 1 is 1.16 bits per heavy atom. The summed E-state index contributed by atoms with van der Waals surface area (Å²) in [6.07, 6.45) is 3.39. The maximum absolute atomic E-state index is 14.8. The first-order valence-electron chi connectivity index (χ1n) is 10.1. The first kappa shape index (κ1) is 21.2. The molecule has 2 aromatic heterocycles. The zero-order valence-electron chi connectivity index (χ0n) is 17.3. The predicted molar refractivity (Wildman–Crippen MR) is 116 cm³/mol. The van der Waals surface area contributed by atoms with Crippen LogP contribution >= 0.6 is 0 Å². The molecule has 0 saturated carbocycles. The monoisotopic (exact) mass is 433 g/mol. The topological polar surface area (TPSA) is 78.6 Å². The number of pyridine rings is 1. The molecule has 0 bridgehead atoms. The fourth-order valence-corrected chi connectivity index (χ4v) is 3.50. The number of carbonyl (C=O) groups is 2. The number of aromatic nitrogens is 1. The summed E-state index contributed by atoms with van der Waals surface area (Å²) in [5, 5.41) is 0.768. The number of fused-ring (bicyclic) bond motifs is 1. The lowest BCUT2D eigenvalue weighted by molar-refractivity contribution is -0.142. The van der Waals surface area contributed by atoms with E-state index in [1.807, 2.05) is 24.3 Å². The highest BCUT2D eigenvalue weighted by molar-refractivity contribution is 5.94. The standard InChI is InChI=1S/C25H20FNO5/c1-2-30-23(29)13-17-5-3-4-6-22(17)32-15-16-11-18-8-10-31-25(18)20(12-16)19-7-9-27-21(14-28)24(19)26/h3-12,14H,2,13,15H2,1H3. The summed E-state index contributed by atoms with van der Waals surface area (Å²) in [4.78, 5) is 26.8. The number of nitrogens with zero attached hydrogens (tertiary/aromatic N) is 1. The van der Waals surface area contributed by atoms with Crippen LogP contribution in [-0.2, 0) is 22.6 Å². The van der Waals surface area contributed by atoms with Crippen LogP contribution in [0.1, 0.15) is 28.5 Å². The zero-order valence-corrected chi connectivity index (χ0v) is 17.3. The van der Waals surface area contributed by atoms with Gasteiger partial charge in [-0.05, 0) is 42.8 Å². The van der Waals surface area contributed by atoms with Gasteiger partial charge in [0.2, 0.25) is 0 Å². The molecule has 6 nitrogen and oxygen atoms in total. The van der Waals surface area contributed by atoms with Gasteiger partial charge in [0.05, 0.1) is 19.3 Å². The van der Waals surface area contributed by atoms with Crippen molar-refractivity contribution in [2.45, 2.75) is 20.0 Å². The van der Waals surface area contributed by atoms with Gasteiger partial charge in [0, 0.05) is 28.3 Å². The summed E-state index contributed by atoms with van der Waals surface area (Å²) in [7, 11) is 0.